The van der Waals surface area contributed by atoms with Gasteiger partial charge in [-0.25, -0.2) is 27.6 Å². The van der Waals surface area contributed by atoms with Gasteiger partial charge in [0, 0.05) is 25.1 Å². The quantitative estimate of drug-likeness (QED) is 0.441. The lowest BCUT2D eigenvalue weighted by atomic mass is 10.2. The number of H-pyrrole nitrogens is 2. The van der Waals surface area contributed by atoms with Crippen LogP contribution in [0.15, 0.2) is 69.5 Å². The van der Waals surface area contributed by atoms with Crippen LogP contribution in [-0.4, -0.2) is 33.2 Å². The van der Waals surface area contributed by atoms with Crippen molar-refractivity contribution in [3.63, 3.8) is 0 Å². The van der Waals surface area contributed by atoms with E-state index in [-0.39, 0.29) is 22.3 Å². The van der Waals surface area contributed by atoms with Crippen LogP contribution in [0.2, 0.25) is 0 Å². The van der Waals surface area contributed by atoms with Crippen LogP contribution in [0.1, 0.15) is 5.56 Å². The summed E-state index contributed by atoms with van der Waals surface area (Å²) in [5, 5.41) is 4.16. The summed E-state index contributed by atoms with van der Waals surface area (Å²) in [6.45, 7) is 0.0269. The summed E-state index contributed by atoms with van der Waals surface area (Å²) in [5.74, 6) is 0.558. The molecule has 0 radical (unpaired) electrons. The number of hydrogen-bond acceptors (Lipinski definition) is 6. The fourth-order valence-corrected chi connectivity index (χ4v) is 3.72. The van der Waals surface area contributed by atoms with Gasteiger partial charge in [0.1, 0.15) is 0 Å². The van der Waals surface area contributed by atoms with E-state index in [9.17, 15) is 18.0 Å². The molecule has 0 saturated heterocycles. The molecule has 0 aliphatic carbocycles. The number of hydrogen-bond donors (Lipinski definition) is 3. The lowest BCUT2D eigenvalue weighted by molar-refractivity contribution is 0.581. The van der Waals surface area contributed by atoms with Crippen molar-refractivity contribution in [3.8, 4) is 5.82 Å². The molecule has 0 fully saturated rings. The molecule has 0 unspecified atom stereocenters. The molecule has 11 heteroatoms. The van der Waals surface area contributed by atoms with Crippen molar-refractivity contribution < 1.29 is 8.42 Å². The normalized spacial score (nSPS) is 11.7. The van der Waals surface area contributed by atoms with E-state index in [0.29, 0.717) is 11.4 Å². The second kappa shape index (κ2) is 6.87. The number of aromatic amines is 2. The van der Waals surface area contributed by atoms with Gasteiger partial charge in [-0.15, -0.1) is 0 Å². The minimum Gasteiger partial charge on any atom is -0.307 e. The predicted octanol–water partition coefficient (Wildman–Crippen LogP) is 0.276. The number of nitrogens with one attached hydrogen (secondary N) is 3. The highest BCUT2D eigenvalue weighted by atomic mass is 32.2. The van der Waals surface area contributed by atoms with Crippen LogP contribution in [0, 0.1) is 0 Å². The second-order valence-electron chi connectivity index (χ2n) is 5.91. The number of nitrogens with zero attached hydrogens (tertiary/aromatic N) is 3. The third-order valence-corrected chi connectivity index (χ3v) is 5.44. The molecule has 3 heterocycles. The molecule has 3 aromatic heterocycles. The van der Waals surface area contributed by atoms with Gasteiger partial charge in [-0.1, -0.05) is 0 Å². The lowest BCUT2D eigenvalue weighted by Gasteiger charge is -2.09. The van der Waals surface area contributed by atoms with Gasteiger partial charge in [0.15, 0.2) is 5.82 Å². The molecule has 0 saturated carbocycles. The Kier molecular flexibility index (Phi) is 4.37. The minimum atomic E-state index is -3.88. The number of benzene rings is 1. The molecule has 0 aliphatic rings. The van der Waals surface area contributed by atoms with E-state index in [0.717, 1.165) is 0 Å². The first-order chi connectivity index (χ1) is 13.4. The second-order valence-corrected chi connectivity index (χ2v) is 7.68. The van der Waals surface area contributed by atoms with E-state index < -0.39 is 21.3 Å². The molecule has 3 N–H and O–H groups in total. The van der Waals surface area contributed by atoms with Crippen molar-refractivity contribution >= 4 is 20.9 Å². The fraction of sp³-hybridized carbons (Fsp3) is 0.0588. The third-order valence-electron chi connectivity index (χ3n) is 4.04. The van der Waals surface area contributed by atoms with Gasteiger partial charge in [-0.2, -0.15) is 5.10 Å². The molecule has 4 aromatic rings. The lowest BCUT2D eigenvalue weighted by Crippen LogP contribution is -2.25. The van der Waals surface area contributed by atoms with Gasteiger partial charge in [0.2, 0.25) is 10.0 Å². The van der Waals surface area contributed by atoms with Gasteiger partial charge < -0.3 is 4.98 Å². The molecule has 0 aliphatic heterocycles. The Hall–Kier alpha value is -3.57. The highest BCUT2D eigenvalue weighted by Gasteiger charge is 2.16. The van der Waals surface area contributed by atoms with Gasteiger partial charge in [-0.3, -0.25) is 9.78 Å². The van der Waals surface area contributed by atoms with Crippen molar-refractivity contribution in [3.05, 3.63) is 81.4 Å². The van der Waals surface area contributed by atoms with E-state index >= 15 is 0 Å². The smallest absolute Gasteiger partial charge is 0.307 e. The maximum Gasteiger partial charge on any atom is 0.326 e. The molecular weight excluding hydrogens is 384 g/mol. The molecule has 0 amide bonds. The first-order valence-corrected chi connectivity index (χ1v) is 9.62. The van der Waals surface area contributed by atoms with E-state index in [1.165, 1.54) is 18.2 Å². The van der Waals surface area contributed by atoms with Crippen molar-refractivity contribution in [2.75, 3.05) is 0 Å². The maximum absolute atomic E-state index is 12.6. The highest BCUT2D eigenvalue weighted by molar-refractivity contribution is 7.89. The largest absolute Gasteiger partial charge is 0.326 e. The summed E-state index contributed by atoms with van der Waals surface area (Å²) in [5.41, 5.74) is -0.372. The van der Waals surface area contributed by atoms with Crippen molar-refractivity contribution in [2.24, 2.45) is 0 Å². The average molecular weight is 398 g/mol. The summed E-state index contributed by atoms with van der Waals surface area (Å²) in [6.07, 6.45) is 4.91. The van der Waals surface area contributed by atoms with Gasteiger partial charge >= 0.3 is 5.69 Å². The summed E-state index contributed by atoms with van der Waals surface area (Å²) in [4.78, 5) is 31.8. The highest BCUT2D eigenvalue weighted by Crippen LogP contribution is 2.15. The van der Waals surface area contributed by atoms with Gasteiger partial charge in [0.05, 0.1) is 15.8 Å². The Morgan fingerprint density at radius 1 is 1.07 bits per heavy atom. The van der Waals surface area contributed by atoms with Crippen LogP contribution in [0.25, 0.3) is 16.7 Å². The minimum absolute atomic E-state index is 0.0269. The van der Waals surface area contributed by atoms with Crippen LogP contribution in [0.5, 0.6) is 0 Å². The summed E-state index contributed by atoms with van der Waals surface area (Å²) >= 11 is 0. The zero-order valence-corrected chi connectivity index (χ0v) is 15.1. The molecule has 0 spiro atoms. The van der Waals surface area contributed by atoms with Crippen LogP contribution < -0.4 is 16.0 Å². The molecular formula is C17H14N6O4S. The molecule has 28 heavy (non-hydrogen) atoms. The Morgan fingerprint density at radius 2 is 1.93 bits per heavy atom. The maximum atomic E-state index is 12.6. The van der Waals surface area contributed by atoms with E-state index in [1.807, 2.05) is 0 Å². The Bertz CT molecular complexity index is 1370. The predicted molar refractivity (Wildman–Crippen MR) is 101 cm³/mol. The third kappa shape index (κ3) is 3.48. The zero-order chi connectivity index (χ0) is 19.7. The van der Waals surface area contributed by atoms with Crippen LogP contribution in [0.3, 0.4) is 0 Å². The van der Waals surface area contributed by atoms with E-state index in [4.69, 9.17) is 0 Å². The number of rotatable bonds is 5. The topological polar surface area (TPSA) is 143 Å². The molecule has 0 atom stereocenters. The standard InChI is InChI=1S/C17H14N6O4S/c24-16-13-9-12(2-3-14(13)21-17(25)22-16)28(26,27)20-10-11-4-6-18-15(8-11)23-7-1-5-19-23/h1-9,20H,10H2,(H2,21,22,24,25). The monoisotopic (exact) mass is 398 g/mol. The fourth-order valence-electron chi connectivity index (χ4n) is 2.67. The van der Waals surface area contributed by atoms with Crippen molar-refractivity contribution in [2.45, 2.75) is 11.4 Å². The first kappa shape index (κ1) is 17.8. The molecule has 10 nitrogen and oxygen atoms in total. The molecule has 0 bridgehead atoms. The van der Waals surface area contributed by atoms with Crippen LogP contribution in [0.4, 0.5) is 0 Å². The van der Waals surface area contributed by atoms with Crippen molar-refractivity contribution in [1.82, 2.24) is 29.5 Å². The summed E-state index contributed by atoms with van der Waals surface area (Å²) in [6, 6.07) is 9.07. The van der Waals surface area contributed by atoms with Crippen LogP contribution in [-0.2, 0) is 16.6 Å². The average Bonchev–Trinajstić information content (AvgIpc) is 3.21. The van der Waals surface area contributed by atoms with E-state index in [1.54, 1.807) is 41.5 Å². The molecule has 4 rings (SSSR count). The Morgan fingerprint density at radius 3 is 2.71 bits per heavy atom. The number of pyridine rings is 1. The zero-order valence-electron chi connectivity index (χ0n) is 14.3. The first-order valence-electron chi connectivity index (χ1n) is 8.13. The van der Waals surface area contributed by atoms with Gasteiger partial charge in [-0.05, 0) is 42.0 Å². The number of fused-ring (bicyclic) bond motifs is 1. The van der Waals surface area contributed by atoms with Crippen molar-refractivity contribution in [1.29, 1.82) is 0 Å². The number of sulfonamides is 1. The Balaban J connectivity index is 1.60. The van der Waals surface area contributed by atoms with E-state index in [2.05, 4.69) is 24.8 Å². The summed E-state index contributed by atoms with van der Waals surface area (Å²) < 4.78 is 29.3. The SMILES string of the molecule is O=c1[nH]c(=O)c2cc(S(=O)(=O)NCc3ccnc(-n4cccn4)c3)ccc2[nH]1. The van der Waals surface area contributed by atoms with Gasteiger partial charge in [0.25, 0.3) is 5.56 Å². The number of aromatic nitrogens is 5. The summed E-state index contributed by atoms with van der Waals surface area (Å²) in [7, 11) is -3.88. The molecule has 142 valence electrons. The Labute approximate surface area is 157 Å². The van der Waals surface area contributed by atoms with Crippen LogP contribution >= 0.6 is 0 Å². The molecule has 1 aromatic carbocycles.